The van der Waals surface area contributed by atoms with E-state index in [1.54, 1.807) is 0 Å². The first-order valence-corrected chi connectivity index (χ1v) is 12.3. The van der Waals surface area contributed by atoms with Gasteiger partial charge >= 0.3 is 190 Å². The van der Waals surface area contributed by atoms with Crippen LogP contribution in [0.25, 0.3) is 11.3 Å². The fourth-order valence-corrected chi connectivity index (χ4v) is 5.73. The minimum atomic E-state index is -2.65. The second kappa shape index (κ2) is 8.65. The Labute approximate surface area is 189 Å². The zero-order valence-electron chi connectivity index (χ0n) is 16.9. The quantitative estimate of drug-likeness (QED) is 0.465. The fraction of sp³-hybridized carbons (Fsp3) is 0.200. The zero-order chi connectivity index (χ0) is 22.2. The summed E-state index contributed by atoms with van der Waals surface area (Å²) < 4.78 is 59.9. The van der Waals surface area contributed by atoms with E-state index < -0.39 is 38.8 Å². The van der Waals surface area contributed by atoms with Gasteiger partial charge in [0.25, 0.3) is 0 Å². The van der Waals surface area contributed by atoms with Crippen LogP contribution in [0.3, 0.4) is 0 Å². The molecule has 1 aliphatic carbocycles. The third kappa shape index (κ3) is 4.79. The first kappa shape index (κ1) is 21.9. The molecular formula is C25H21F4IN-. The van der Waals surface area contributed by atoms with Gasteiger partial charge in [0.1, 0.15) is 0 Å². The number of nitrogens with one attached hydrogen (secondary N) is 1. The Morgan fingerprint density at radius 1 is 1.06 bits per heavy atom. The number of allylic oxidation sites excluding steroid dienone is 3. The van der Waals surface area contributed by atoms with Crippen molar-refractivity contribution in [3.05, 3.63) is 102 Å². The van der Waals surface area contributed by atoms with E-state index in [4.69, 9.17) is 0 Å². The molecule has 0 saturated heterocycles. The van der Waals surface area contributed by atoms with Crippen molar-refractivity contribution in [1.29, 1.82) is 0 Å². The predicted octanol–water partition coefficient (Wildman–Crippen LogP) is 3.50. The summed E-state index contributed by atoms with van der Waals surface area (Å²) in [6.07, 6.45) is 3.82. The molecule has 0 saturated carbocycles. The third-order valence-corrected chi connectivity index (χ3v) is 7.49. The standard InChI is InChI=1S/C25H21F4IN/c1-15-10-17-8-9-25(28,29)12-19(17)11-21(15)18-6-7-20(14-30-13-18)31-16(2)24-22(26)4-3-5-23(24)27/h3-7,10-11,13-14,31H,2,8-9,12H2,1H3/q-1. The van der Waals surface area contributed by atoms with Crippen molar-refractivity contribution in [3.63, 3.8) is 0 Å². The molecule has 0 fully saturated rings. The molecule has 31 heavy (non-hydrogen) atoms. The van der Waals surface area contributed by atoms with Gasteiger partial charge in [-0.15, -0.1) is 0 Å². The van der Waals surface area contributed by atoms with Crippen LogP contribution in [0.5, 0.6) is 0 Å². The summed E-state index contributed by atoms with van der Waals surface area (Å²) in [6.45, 7) is 5.78. The Kier molecular flexibility index (Phi) is 6.10. The Morgan fingerprint density at radius 2 is 1.81 bits per heavy atom. The van der Waals surface area contributed by atoms with E-state index >= 15 is 0 Å². The van der Waals surface area contributed by atoms with Gasteiger partial charge < -0.3 is 0 Å². The van der Waals surface area contributed by atoms with Crippen LogP contribution in [-0.2, 0) is 12.8 Å². The summed E-state index contributed by atoms with van der Waals surface area (Å²) in [5, 5.41) is 3.00. The van der Waals surface area contributed by atoms with E-state index in [2.05, 4.69) is 16.0 Å². The van der Waals surface area contributed by atoms with Crippen LogP contribution in [-0.4, -0.2) is 5.92 Å². The molecule has 0 unspecified atom stereocenters. The van der Waals surface area contributed by atoms with Crippen molar-refractivity contribution in [2.45, 2.75) is 32.1 Å². The summed E-state index contributed by atoms with van der Waals surface area (Å²) in [5.41, 5.74) is 5.35. The van der Waals surface area contributed by atoms with Crippen molar-refractivity contribution >= 4 is 11.3 Å². The number of aryl methyl sites for hydroxylation is 2. The first-order chi connectivity index (χ1) is 14.7. The van der Waals surface area contributed by atoms with E-state index in [0.717, 1.165) is 22.3 Å². The van der Waals surface area contributed by atoms with Crippen molar-refractivity contribution in [2.24, 2.45) is 0 Å². The van der Waals surface area contributed by atoms with Gasteiger partial charge in [0.05, 0.1) is 0 Å². The summed E-state index contributed by atoms with van der Waals surface area (Å²) in [6, 6.07) is 7.61. The predicted molar refractivity (Wildman–Crippen MR) is 112 cm³/mol. The molecule has 0 atom stereocenters. The molecule has 162 valence electrons. The molecule has 0 amide bonds. The van der Waals surface area contributed by atoms with Crippen LogP contribution < -0.4 is 26.5 Å². The van der Waals surface area contributed by atoms with E-state index in [9.17, 15) is 17.6 Å². The Bertz CT molecular complexity index is 1120. The van der Waals surface area contributed by atoms with Crippen LogP contribution in [0.1, 0.15) is 34.2 Å². The van der Waals surface area contributed by atoms with Crippen molar-refractivity contribution in [2.75, 3.05) is 0 Å². The number of hydrogen-bond acceptors (Lipinski definition) is 1. The van der Waals surface area contributed by atoms with E-state index in [-0.39, 0.29) is 24.1 Å². The zero-order valence-corrected chi connectivity index (χ0v) is 19.1. The van der Waals surface area contributed by atoms with E-state index in [0.29, 0.717) is 17.7 Å². The van der Waals surface area contributed by atoms with Crippen LogP contribution in [0, 0.1) is 18.6 Å². The molecule has 1 nitrogen and oxygen atoms in total. The first-order valence-electron chi connectivity index (χ1n) is 9.85. The van der Waals surface area contributed by atoms with Crippen LogP contribution in [0.15, 0.2) is 62.9 Å². The molecule has 6 heteroatoms. The third-order valence-electron chi connectivity index (χ3n) is 5.43. The van der Waals surface area contributed by atoms with Crippen molar-refractivity contribution in [3.8, 4) is 0 Å². The molecule has 0 radical (unpaired) electrons. The van der Waals surface area contributed by atoms with Crippen LogP contribution >= 0.6 is 0 Å². The van der Waals surface area contributed by atoms with Crippen molar-refractivity contribution < 1.29 is 38.8 Å². The molecule has 1 N–H and O–H groups in total. The average molecular weight is 538 g/mol. The molecule has 0 spiro atoms. The average Bonchev–Trinajstić information content (AvgIpc) is 2.93. The molecule has 4 rings (SSSR count). The Morgan fingerprint density at radius 3 is 2.55 bits per heavy atom. The molecule has 0 aromatic heterocycles. The molecular weight excluding hydrogens is 517 g/mol. The van der Waals surface area contributed by atoms with E-state index in [1.807, 2.05) is 35.3 Å². The summed E-state index contributed by atoms with van der Waals surface area (Å²) in [7, 11) is 0. The number of fused-ring (bicyclic) bond motifs is 1. The number of benzene rings is 2. The van der Waals surface area contributed by atoms with Gasteiger partial charge in [0.2, 0.25) is 0 Å². The fourth-order valence-electron chi connectivity index (χ4n) is 3.87. The van der Waals surface area contributed by atoms with Gasteiger partial charge in [-0.25, -0.2) is 0 Å². The number of rotatable bonds is 4. The van der Waals surface area contributed by atoms with E-state index in [1.165, 1.54) is 18.2 Å². The van der Waals surface area contributed by atoms with Gasteiger partial charge in [0.15, 0.2) is 0 Å². The summed E-state index contributed by atoms with van der Waals surface area (Å²) in [4.78, 5) is 0. The SMILES string of the molecule is C=C(NC1=C[I-]C=C(c2cc3c(cc2C)CCC(F)(F)C3)C=C1)c1c(F)cccc1F. The summed E-state index contributed by atoms with van der Waals surface area (Å²) >= 11 is -0.507. The second-order valence-corrected chi connectivity index (χ2v) is 9.72. The molecule has 1 heterocycles. The maximum absolute atomic E-state index is 14.0. The van der Waals surface area contributed by atoms with Crippen LogP contribution in [0.4, 0.5) is 17.6 Å². The molecule has 1 aliphatic heterocycles. The molecule has 2 aromatic rings. The Balaban J connectivity index is 1.55. The van der Waals surface area contributed by atoms with Gasteiger partial charge in [-0.05, 0) is 0 Å². The normalized spacial score (nSPS) is 17.6. The molecule has 2 aliphatic rings. The number of hydrogen-bond donors (Lipinski definition) is 1. The van der Waals surface area contributed by atoms with Gasteiger partial charge in [-0.1, -0.05) is 0 Å². The molecule has 2 aromatic carbocycles. The monoisotopic (exact) mass is 538 g/mol. The maximum atomic E-state index is 14.0. The number of alkyl halides is 2. The molecule has 0 bridgehead atoms. The second-order valence-electron chi connectivity index (χ2n) is 7.76. The minimum absolute atomic E-state index is 0.0989. The topological polar surface area (TPSA) is 12.0 Å². The van der Waals surface area contributed by atoms with Gasteiger partial charge in [-0.2, -0.15) is 0 Å². The van der Waals surface area contributed by atoms with Crippen LogP contribution in [0.2, 0.25) is 0 Å². The van der Waals surface area contributed by atoms with Crippen molar-refractivity contribution in [1.82, 2.24) is 5.32 Å². The number of halogens is 5. The summed E-state index contributed by atoms with van der Waals surface area (Å²) in [5.74, 6) is -4.00. The van der Waals surface area contributed by atoms with Gasteiger partial charge in [0, 0.05) is 0 Å². The van der Waals surface area contributed by atoms with Gasteiger partial charge in [-0.3, -0.25) is 0 Å². The Hall–Kier alpha value is -2.35.